The molecule has 0 radical (unpaired) electrons. The normalized spacial score (nSPS) is 15.2. The molecule has 3 aromatic heterocycles. The first-order valence-electron chi connectivity index (χ1n) is 19.7. The van der Waals surface area contributed by atoms with Crippen LogP contribution in [-0.4, -0.2) is 95.1 Å². The van der Waals surface area contributed by atoms with Crippen LogP contribution in [0.4, 0.5) is 11.5 Å². The monoisotopic (exact) mass is 790 g/mol. The summed E-state index contributed by atoms with van der Waals surface area (Å²) in [6, 6.07) is 18.1. The molecule has 3 heterocycles. The Kier molecular flexibility index (Phi) is 18.5. The number of rotatable bonds is 25. The van der Waals surface area contributed by atoms with E-state index < -0.39 is 55.0 Å². The van der Waals surface area contributed by atoms with Crippen molar-refractivity contribution in [2.45, 2.75) is 121 Å². The number of anilines is 2. The Hall–Kier alpha value is -4.77. The second kappa shape index (κ2) is 23.5. The highest BCUT2D eigenvalue weighted by Gasteiger charge is 2.38. The number of carbonyl (C=O) groups is 2. The Balaban J connectivity index is 1.26. The number of aryl methyl sites for hydroxylation is 2. The van der Waals surface area contributed by atoms with Gasteiger partial charge < -0.3 is 51.1 Å². The minimum atomic E-state index is -1.92. The van der Waals surface area contributed by atoms with Crippen LogP contribution in [0.25, 0.3) is 0 Å². The molecule has 0 bridgehead atoms. The molecular weight excluding hydrogens is 732 g/mol. The number of aliphatic hydroxyl groups is 6. The van der Waals surface area contributed by atoms with Gasteiger partial charge in [0, 0.05) is 42.3 Å². The van der Waals surface area contributed by atoms with Gasteiger partial charge in [0.25, 0.3) is 5.91 Å². The molecule has 4 aromatic rings. The van der Waals surface area contributed by atoms with Crippen molar-refractivity contribution in [3.05, 3.63) is 101 Å². The van der Waals surface area contributed by atoms with Crippen molar-refractivity contribution in [1.82, 2.24) is 20.4 Å². The Morgan fingerprint density at radius 3 is 2.00 bits per heavy atom. The molecule has 0 fully saturated rings. The summed E-state index contributed by atoms with van der Waals surface area (Å²) in [5, 5.41) is 73.0. The predicted molar refractivity (Wildman–Crippen MR) is 214 cm³/mol. The summed E-state index contributed by atoms with van der Waals surface area (Å²) < 4.78 is 5.45. The van der Waals surface area contributed by atoms with Crippen molar-refractivity contribution < 1.29 is 44.8 Å². The highest BCUT2D eigenvalue weighted by Crippen LogP contribution is 2.45. The van der Waals surface area contributed by atoms with Crippen LogP contribution in [0, 0.1) is 13.8 Å². The number of unbranched alkanes of at least 4 members (excludes halogenated alkanes) is 8. The zero-order chi connectivity index (χ0) is 41.2. The van der Waals surface area contributed by atoms with Crippen molar-refractivity contribution in [1.29, 1.82) is 0 Å². The van der Waals surface area contributed by atoms with Crippen molar-refractivity contribution in [3.8, 4) is 0 Å². The molecule has 15 nitrogen and oxygen atoms in total. The fourth-order valence-corrected chi connectivity index (χ4v) is 6.88. The number of aliphatic hydroxyl groups excluding tert-OH is 6. The molecule has 0 aliphatic rings. The van der Waals surface area contributed by atoms with Crippen LogP contribution in [0.5, 0.6) is 0 Å². The van der Waals surface area contributed by atoms with E-state index in [1.165, 1.54) is 0 Å². The number of para-hydroxylation sites is 1. The van der Waals surface area contributed by atoms with E-state index in [1.54, 1.807) is 26.2 Å². The molecule has 15 heteroatoms. The zero-order valence-electron chi connectivity index (χ0n) is 32.7. The first-order chi connectivity index (χ1) is 27.5. The maximum atomic E-state index is 13.3. The van der Waals surface area contributed by atoms with Gasteiger partial charge in [-0.1, -0.05) is 80.4 Å². The van der Waals surface area contributed by atoms with E-state index in [0.717, 1.165) is 56.9 Å². The van der Waals surface area contributed by atoms with Crippen molar-refractivity contribution in [2.75, 3.05) is 23.8 Å². The molecule has 57 heavy (non-hydrogen) atoms. The molecule has 0 saturated heterocycles. The average molecular weight is 791 g/mol. The Bertz CT molecular complexity index is 1760. The number of hydrogen-bond donors (Lipinski definition) is 9. The van der Waals surface area contributed by atoms with Gasteiger partial charge in [0.1, 0.15) is 29.9 Å². The molecule has 1 aromatic carbocycles. The van der Waals surface area contributed by atoms with Crippen LogP contribution < -0.4 is 16.0 Å². The van der Waals surface area contributed by atoms with E-state index in [2.05, 4.69) is 31.1 Å². The molecule has 7 unspecified atom stereocenters. The smallest absolute Gasteiger partial charge is 0.251 e. The summed E-state index contributed by atoms with van der Waals surface area (Å²) in [5.74, 6) is -0.499. The third-order valence-electron chi connectivity index (χ3n) is 10.1. The van der Waals surface area contributed by atoms with Crippen LogP contribution in [0.3, 0.4) is 0 Å². The van der Waals surface area contributed by atoms with E-state index >= 15 is 0 Å². The minimum Gasteiger partial charge on any atom is -0.394 e. The van der Waals surface area contributed by atoms with Crippen LogP contribution in [0.1, 0.15) is 111 Å². The van der Waals surface area contributed by atoms with Crippen molar-refractivity contribution in [2.24, 2.45) is 0 Å². The number of nitrogens with one attached hydrogen (secondary N) is 3. The van der Waals surface area contributed by atoms with E-state index in [9.17, 15) is 35.1 Å². The van der Waals surface area contributed by atoms with Gasteiger partial charge in [0.15, 0.2) is 6.10 Å². The summed E-state index contributed by atoms with van der Waals surface area (Å²) in [7, 11) is 0. The average Bonchev–Trinajstić information content (AvgIpc) is 3.57. The SMILES string of the molecule is Cc1noc(C)c1C(O)C(c1ccccn1)C(Nc1ccccn1)c1ccccc1NC(=O)CCCCCCCCCCCNC(=O)C(O)C(O)C(O)C(O)CO. The molecule has 9 N–H and O–H groups in total. The lowest BCUT2D eigenvalue weighted by molar-refractivity contribution is -0.148. The third-order valence-corrected chi connectivity index (χ3v) is 10.1. The number of amides is 2. The van der Waals surface area contributed by atoms with E-state index in [0.29, 0.717) is 53.6 Å². The van der Waals surface area contributed by atoms with Gasteiger partial charge in [0.05, 0.1) is 30.4 Å². The molecule has 310 valence electrons. The van der Waals surface area contributed by atoms with Gasteiger partial charge in [-0.05, 0) is 62.6 Å². The maximum Gasteiger partial charge on any atom is 0.251 e. The highest BCUT2D eigenvalue weighted by atomic mass is 16.5. The lowest BCUT2D eigenvalue weighted by Gasteiger charge is -2.33. The molecule has 7 atom stereocenters. The van der Waals surface area contributed by atoms with Gasteiger partial charge in [-0.2, -0.15) is 0 Å². The van der Waals surface area contributed by atoms with Crippen LogP contribution >= 0.6 is 0 Å². The molecule has 0 aliphatic carbocycles. The van der Waals surface area contributed by atoms with Crippen LogP contribution in [0.2, 0.25) is 0 Å². The number of carbonyl (C=O) groups excluding carboxylic acids is 2. The van der Waals surface area contributed by atoms with Gasteiger partial charge in [0.2, 0.25) is 5.91 Å². The van der Waals surface area contributed by atoms with Crippen LogP contribution in [0.15, 0.2) is 77.6 Å². The summed E-state index contributed by atoms with van der Waals surface area (Å²) in [6.07, 6.45) is 3.57. The van der Waals surface area contributed by atoms with Gasteiger partial charge in [-0.3, -0.25) is 14.6 Å². The number of pyridine rings is 2. The van der Waals surface area contributed by atoms with E-state index in [1.807, 2.05) is 60.7 Å². The summed E-state index contributed by atoms with van der Waals surface area (Å²) >= 11 is 0. The standard InChI is InChI=1S/C42H58N6O9/c1-27-35(28(2)57-48-27)39(53)36(31-20-13-16-23-43-31)37(47-33-21-14-17-24-44-33)29-18-11-12-19-30(29)46-34(51)22-10-8-6-4-3-5-7-9-15-25-45-42(56)41(55)40(54)38(52)32(50)26-49/h11-14,16-21,23-24,32,36-41,49-50,52-55H,3-10,15,22,25-26H2,1-2H3,(H,44,47)(H,45,56)(H,46,51). The summed E-state index contributed by atoms with van der Waals surface area (Å²) in [5.41, 5.74) is 3.17. The van der Waals surface area contributed by atoms with Gasteiger partial charge >= 0.3 is 0 Å². The fourth-order valence-electron chi connectivity index (χ4n) is 6.88. The molecule has 2 amide bonds. The second-order valence-corrected chi connectivity index (χ2v) is 14.3. The van der Waals surface area contributed by atoms with Gasteiger partial charge in [-0.25, -0.2) is 4.98 Å². The van der Waals surface area contributed by atoms with E-state index in [4.69, 9.17) is 9.63 Å². The molecule has 0 spiro atoms. The third kappa shape index (κ3) is 13.4. The first kappa shape index (κ1) is 44.9. The summed E-state index contributed by atoms with van der Waals surface area (Å²) in [4.78, 5) is 34.5. The quantitative estimate of drug-likeness (QED) is 0.0429. The zero-order valence-corrected chi connectivity index (χ0v) is 32.7. The highest BCUT2D eigenvalue weighted by molar-refractivity contribution is 5.91. The topological polar surface area (TPSA) is 243 Å². The van der Waals surface area contributed by atoms with Crippen LogP contribution in [-0.2, 0) is 9.59 Å². The maximum absolute atomic E-state index is 13.3. The molecular formula is C42H58N6O9. The second-order valence-electron chi connectivity index (χ2n) is 14.3. The Morgan fingerprint density at radius 1 is 0.754 bits per heavy atom. The summed E-state index contributed by atoms with van der Waals surface area (Å²) in [6.45, 7) is 3.04. The van der Waals surface area contributed by atoms with E-state index in [-0.39, 0.29) is 5.91 Å². The number of aromatic nitrogens is 3. The van der Waals surface area contributed by atoms with Crippen molar-refractivity contribution >= 4 is 23.3 Å². The minimum absolute atomic E-state index is 0.104. The lowest BCUT2D eigenvalue weighted by atomic mass is 9.81. The Labute approximate surface area is 333 Å². The van der Waals surface area contributed by atoms with Gasteiger partial charge in [-0.15, -0.1) is 0 Å². The fraction of sp³-hybridized carbons (Fsp3) is 0.500. The number of benzene rings is 1. The van der Waals surface area contributed by atoms with Crippen molar-refractivity contribution in [3.63, 3.8) is 0 Å². The lowest BCUT2D eigenvalue weighted by Crippen LogP contribution is -2.51. The first-order valence-corrected chi connectivity index (χ1v) is 19.7. The molecule has 0 aliphatic heterocycles. The predicted octanol–water partition coefficient (Wildman–Crippen LogP) is 4.14. The molecule has 0 saturated carbocycles. The number of hydrogen-bond acceptors (Lipinski definition) is 13. The molecule has 4 rings (SSSR count). The Morgan fingerprint density at radius 2 is 1.39 bits per heavy atom. The number of nitrogens with zero attached hydrogens (tertiary/aromatic N) is 3. The largest absolute Gasteiger partial charge is 0.394 e.